The third kappa shape index (κ3) is 3.39. The minimum Gasteiger partial charge on any atom is -0.372 e. The zero-order valence-corrected chi connectivity index (χ0v) is 10.1. The molecule has 2 rings (SSSR count). The molecule has 2 aromatic carbocycles. The highest BCUT2D eigenvalue weighted by atomic mass is 19.1. The number of nitrogens with two attached hydrogens (primary N) is 1. The predicted octanol–water partition coefficient (Wildman–Crippen LogP) is 3.00. The summed E-state index contributed by atoms with van der Waals surface area (Å²) in [6, 6.07) is 14.5. The van der Waals surface area contributed by atoms with Crippen molar-refractivity contribution in [3.8, 4) is 0 Å². The van der Waals surface area contributed by atoms with E-state index in [1.54, 1.807) is 6.07 Å². The molecule has 0 aromatic heterocycles. The van der Waals surface area contributed by atoms with Crippen LogP contribution in [0.1, 0.15) is 16.7 Å². The van der Waals surface area contributed by atoms with Crippen LogP contribution in [0.4, 0.5) is 4.39 Å². The lowest BCUT2D eigenvalue weighted by atomic mass is 10.1. The van der Waals surface area contributed by atoms with Crippen molar-refractivity contribution in [2.75, 3.05) is 0 Å². The van der Waals surface area contributed by atoms with E-state index in [0.29, 0.717) is 19.8 Å². The quantitative estimate of drug-likeness (QED) is 0.878. The molecule has 0 saturated carbocycles. The third-order valence-electron chi connectivity index (χ3n) is 2.76. The van der Waals surface area contributed by atoms with E-state index in [-0.39, 0.29) is 5.82 Å². The van der Waals surface area contributed by atoms with Crippen molar-refractivity contribution in [2.45, 2.75) is 19.8 Å². The predicted molar refractivity (Wildman–Crippen MR) is 69.2 cm³/mol. The summed E-state index contributed by atoms with van der Waals surface area (Å²) in [5, 5.41) is 0. The van der Waals surface area contributed by atoms with Gasteiger partial charge in [0.05, 0.1) is 13.2 Å². The van der Waals surface area contributed by atoms with Crippen molar-refractivity contribution in [3.63, 3.8) is 0 Å². The Labute approximate surface area is 106 Å². The topological polar surface area (TPSA) is 35.2 Å². The molecule has 0 radical (unpaired) electrons. The van der Waals surface area contributed by atoms with E-state index >= 15 is 0 Å². The van der Waals surface area contributed by atoms with Crippen LogP contribution in [-0.2, 0) is 24.5 Å². The van der Waals surface area contributed by atoms with Crippen LogP contribution in [0.3, 0.4) is 0 Å². The minimum atomic E-state index is -0.259. The standard InChI is InChI=1S/C15H16FNO/c16-15-7-6-13(9-17)14(8-15)11-18-10-12-4-2-1-3-5-12/h1-8H,9-11,17H2. The first-order valence-electron chi connectivity index (χ1n) is 5.88. The first-order valence-corrected chi connectivity index (χ1v) is 5.88. The van der Waals surface area contributed by atoms with E-state index in [9.17, 15) is 4.39 Å². The maximum atomic E-state index is 13.1. The zero-order chi connectivity index (χ0) is 12.8. The van der Waals surface area contributed by atoms with Crippen molar-refractivity contribution in [1.29, 1.82) is 0 Å². The maximum Gasteiger partial charge on any atom is 0.123 e. The van der Waals surface area contributed by atoms with Crippen LogP contribution in [0.2, 0.25) is 0 Å². The van der Waals surface area contributed by atoms with Gasteiger partial charge in [0.15, 0.2) is 0 Å². The van der Waals surface area contributed by atoms with Crippen LogP contribution in [0, 0.1) is 5.82 Å². The van der Waals surface area contributed by atoms with Gasteiger partial charge in [-0.3, -0.25) is 0 Å². The molecule has 0 fully saturated rings. The molecule has 0 unspecified atom stereocenters. The van der Waals surface area contributed by atoms with Crippen LogP contribution >= 0.6 is 0 Å². The fourth-order valence-electron chi connectivity index (χ4n) is 1.78. The molecular formula is C15H16FNO. The summed E-state index contributed by atoms with van der Waals surface area (Å²) >= 11 is 0. The Hall–Kier alpha value is -1.71. The van der Waals surface area contributed by atoms with Gasteiger partial charge in [-0.15, -0.1) is 0 Å². The second-order valence-corrected chi connectivity index (χ2v) is 4.10. The Morgan fingerprint density at radius 1 is 0.944 bits per heavy atom. The van der Waals surface area contributed by atoms with Crippen LogP contribution < -0.4 is 5.73 Å². The zero-order valence-electron chi connectivity index (χ0n) is 10.1. The van der Waals surface area contributed by atoms with Crippen LogP contribution in [0.15, 0.2) is 48.5 Å². The normalized spacial score (nSPS) is 10.6. The van der Waals surface area contributed by atoms with Gasteiger partial charge in [0.1, 0.15) is 5.82 Å². The molecule has 0 saturated heterocycles. The van der Waals surface area contributed by atoms with E-state index in [0.717, 1.165) is 16.7 Å². The molecule has 2 nitrogen and oxygen atoms in total. The lowest BCUT2D eigenvalue weighted by Crippen LogP contribution is -2.04. The van der Waals surface area contributed by atoms with Gasteiger partial charge in [0.25, 0.3) is 0 Å². The second kappa shape index (κ2) is 6.28. The monoisotopic (exact) mass is 245 g/mol. The molecule has 0 spiro atoms. The summed E-state index contributed by atoms with van der Waals surface area (Å²) < 4.78 is 18.7. The summed E-state index contributed by atoms with van der Waals surface area (Å²) in [6.07, 6.45) is 0. The fourth-order valence-corrected chi connectivity index (χ4v) is 1.78. The fraction of sp³-hybridized carbons (Fsp3) is 0.200. The number of hydrogen-bond acceptors (Lipinski definition) is 2. The Bertz CT molecular complexity index is 499. The van der Waals surface area contributed by atoms with Crippen LogP contribution in [0.25, 0.3) is 0 Å². The lowest BCUT2D eigenvalue weighted by molar-refractivity contribution is 0.106. The highest BCUT2D eigenvalue weighted by molar-refractivity contribution is 5.27. The molecule has 0 heterocycles. The molecule has 0 atom stereocenters. The molecule has 0 aliphatic rings. The first kappa shape index (κ1) is 12.7. The summed E-state index contributed by atoms with van der Waals surface area (Å²) in [7, 11) is 0. The summed E-state index contributed by atoms with van der Waals surface area (Å²) in [4.78, 5) is 0. The minimum absolute atomic E-state index is 0.259. The largest absolute Gasteiger partial charge is 0.372 e. The molecule has 18 heavy (non-hydrogen) atoms. The van der Waals surface area contributed by atoms with E-state index in [1.165, 1.54) is 12.1 Å². The number of benzene rings is 2. The van der Waals surface area contributed by atoms with Gasteiger partial charge in [0.2, 0.25) is 0 Å². The smallest absolute Gasteiger partial charge is 0.123 e. The van der Waals surface area contributed by atoms with E-state index < -0.39 is 0 Å². The van der Waals surface area contributed by atoms with Gasteiger partial charge < -0.3 is 10.5 Å². The Kier molecular flexibility index (Phi) is 4.45. The van der Waals surface area contributed by atoms with Gasteiger partial charge in [-0.1, -0.05) is 36.4 Å². The maximum absolute atomic E-state index is 13.1. The SMILES string of the molecule is NCc1ccc(F)cc1COCc1ccccc1. The van der Waals surface area contributed by atoms with Gasteiger partial charge in [0, 0.05) is 6.54 Å². The number of halogens is 1. The Morgan fingerprint density at radius 2 is 1.72 bits per heavy atom. The van der Waals surface area contributed by atoms with Crippen molar-refractivity contribution < 1.29 is 9.13 Å². The molecular weight excluding hydrogens is 229 g/mol. The highest BCUT2D eigenvalue weighted by Crippen LogP contribution is 2.13. The molecule has 0 amide bonds. The lowest BCUT2D eigenvalue weighted by Gasteiger charge is -2.09. The molecule has 0 aliphatic heterocycles. The van der Waals surface area contributed by atoms with Crippen molar-refractivity contribution in [1.82, 2.24) is 0 Å². The molecule has 0 bridgehead atoms. The second-order valence-electron chi connectivity index (χ2n) is 4.10. The summed E-state index contributed by atoms with van der Waals surface area (Å²) in [5.74, 6) is -0.259. The van der Waals surface area contributed by atoms with Gasteiger partial charge >= 0.3 is 0 Å². The summed E-state index contributed by atoms with van der Waals surface area (Å²) in [5.41, 5.74) is 8.44. The van der Waals surface area contributed by atoms with Gasteiger partial charge in [-0.05, 0) is 28.8 Å². The molecule has 3 heteroatoms. The van der Waals surface area contributed by atoms with E-state index in [2.05, 4.69) is 0 Å². The first-order chi connectivity index (χ1) is 8.79. The number of ether oxygens (including phenoxy) is 1. The number of rotatable bonds is 5. The van der Waals surface area contributed by atoms with Gasteiger partial charge in [-0.25, -0.2) is 4.39 Å². The number of hydrogen-bond donors (Lipinski definition) is 1. The average Bonchev–Trinajstić information content (AvgIpc) is 2.40. The molecule has 2 aromatic rings. The molecule has 0 aliphatic carbocycles. The Morgan fingerprint density at radius 3 is 2.44 bits per heavy atom. The molecule has 2 N–H and O–H groups in total. The Balaban J connectivity index is 1.96. The van der Waals surface area contributed by atoms with Crippen LogP contribution in [-0.4, -0.2) is 0 Å². The summed E-state index contributed by atoms with van der Waals surface area (Å²) in [6.45, 7) is 1.28. The van der Waals surface area contributed by atoms with Crippen LogP contribution in [0.5, 0.6) is 0 Å². The third-order valence-corrected chi connectivity index (χ3v) is 2.76. The highest BCUT2D eigenvalue weighted by Gasteiger charge is 2.03. The van der Waals surface area contributed by atoms with Crippen molar-refractivity contribution >= 4 is 0 Å². The van der Waals surface area contributed by atoms with Gasteiger partial charge in [-0.2, -0.15) is 0 Å². The van der Waals surface area contributed by atoms with E-state index in [4.69, 9.17) is 10.5 Å². The van der Waals surface area contributed by atoms with E-state index in [1.807, 2.05) is 30.3 Å². The molecule has 94 valence electrons. The van der Waals surface area contributed by atoms with Crippen molar-refractivity contribution in [2.24, 2.45) is 5.73 Å². The average molecular weight is 245 g/mol. The van der Waals surface area contributed by atoms with Crippen molar-refractivity contribution in [3.05, 3.63) is 71.0 Å².